The van der Waals surface area contributed by atoms with E-state index < -0.39 is 5.97 Å². The molecule has 23 heavy (non-hydrogen) atoms. The van der Waals surface area contributed by atoms with Crippen molar-refractivity contribution >= 4 is 16.9 Å². The third-order valence-electron chi connectivity index (χ3n) is 4.07. The first kappa shape index (κ1) is 15.2. The maximum Gasteiger partial charge on any atom is 0.336 e. The Balaban J connectivity index is 2.18. The van der Waals surface area contributed by atoms with Gasteiger partial charge in [0.2, 0.25) is 0 Å². The van der Waals surface area contributed by atoms with Crippen molar-refractivity contribution in [2.24, 2.45) is 0 Å². The summed E-state index contributed by atoms with van der Waals surface area (Å²) in [5, 5.41) is 10.2. The molecule has 3 heteroatoms. The normalized spacial score (nSPS) is 11.1. The van der Waals surface area contributed by atoms with Crippen molar-refractivity contribution in [1.82, 2.24) is 4.98 Å². The van der Waals surface area contributed by atoms with Crippen LogP contribution in [0.15, 0.2) is 48.5 Å². The summed E-state index contributed by atoms with van der Waals surface area (Å²) < 4.78 is 0. The largest absolute Gasteiger partial charge is 0.478 e. The second-order valence-corrected chi connectivity index (χ2v) is 6.16. The van der Waals surface area contributed by atoms with E-state index in [0.717, 1.165) is 11.1 Å². The van der Waals surface area contributed by atoms with Crippen LogP contribution in [0.1, 0.15) is 41.3 Å². The molecular formula is C20H19NO2. The van der Waals surface area contributed by atoms with Crippen LogP contribution < -0.4 is 0 Å². The van der Waals surface area contributed by atoms with Gasteiger partial charge in [-0.3, -0.25) is 0 Å². The lowest BCUT2D eigenvalue weighted by Crippen LogP contribution is -2.00. The van der Waals surface area contributed by atoms with Gasteiger partial charge in [-0.05, 0) is 36.6 Å². The molecule has 0 amide bonds. The van der Waals surface area contributed by atoms with Crippen molar-refractivity contribution in [2.45, 2.75) is 26.7 Å². The summed E-state index contributed by atoms with van der Waals surface area (Å²) in [5.41, 5.74) is 4.90. The summed E-state index contributed by atoms with van der Waals surface area (Å²) in [6.45, 7) is 6.24. The number of fused-ring (bicyclic) bond motifs is 1. The van der Waals surface area contributed by atoms with Crippen LogP contribution >= 0.6 is 0 Å². The second kappa shape index (κ2) is 5.84. The number of rotatable bonds is 3. The number of hydrogen-bond acceptors (Lipinski definition) is 2. The zero-order chi connectivity index (χ0) is 16.6. The molecule has 0 fully saturated rings. The Morgan fingerprint density at radius 1 is 1.04 bits per heavy atom. The Labute approximate surface area is 135 Å². The number of aryl methyl sites for hydroxylation is 1. The van der Waals surface area contributed by atoms with Crippen molar-refractivity contribution in [3.05, 3.63) is 65.2 Å². The average Bonchev–Trinajstić information content (AvgIpc) is 2.53. The minimum atomic E-state index is -0.928. The smallest absolute Gasteiger partial charge is 0.336 e. The first-order valence-corrected chi connectivity index (χ1v) is 7.71. The van der Waals surface area contributed by atoms with E-state index in [1.807, 2.05) is 37.3 Å². The third-order valence-corrected chi connectivity index (χ3v) is 4.07. The van der Waals surface area contributed by atoms with Crippen LogP contribution in [-0.4, -0.2) is 16.1 Å². The van der Waals surface area contributed by atoms with Gasteiger partial charge in [-0.25, -0.2) is 9.78 Å². The molecule has 0 unspecified atom stereocenters. The lowest BCUT2D eigenvalue weighted by molar-refractivity contribution is 0.0699. The summed E-state index contributed by atoms with van der Waals surface area (Å²) in [6.07, 6.45) is 0. The van der Waals surface area contributed by atoms with Crippen LogP contribution in [0.2, 0.25) is 0 Å². The Morgan fingerprint density at radius 2 is 1.74 bits per heavy atom. The quantitative estimate of drug-likeness (QED) is 0.738. The number of pyridine rings is 1. The van der Waals surface area contributed by atoms with Crippen LogP contribution in [0, 0.1) is 6.92 Å². The molecule has 0 saturated heterocycles. The van der Waals surface area contributed by atoms with Crippen LogP contribution in [-0.2, 0) is 0 Å². The molecule has 0 saturated carbocycles. The number of carboxylic acid groups (broad SMARTS) is 1. The lowest BCUT2D eigenvalue weighted by atomic mass is 9.99. The molecule has 116 valence electrons. The number of aromatic nitrogens is 1. The number of carbonyl (C=O) groups is 1. The molecule has 0 spiro atoms. The standard InChI is InChI=1S/C20H19NO2/c1-12(2)14-5-7-15(8-6-14)19-11-17(20(22)23)16-10-13(3)4-9-18(16)21-19/h4-12H,1-3H3,(H,22,23). The van der Waals surface area contributed by atoms with E-state index in [2.05, 4.69) is 31.0 Å². The maximum atomic E-state index is 11.6. The van der Waals surface area contributed by atoms with Gasteiger partial charge in [0.25, 0.3) is 0 Å². The van der Waals surface area contributed by atoms with Crippen LogP contribution in [0.4, 0.5) is 0 Å². The summed E-state index contributed by atoms with van der Waals surface area (Å²) in [4.78, 5) is 16.3. The van der Waals surface area contributed by atoms with Gasteiger partial charge in [0.15, 0.2) is 0 Å². The van der Waals surface area contributed by atoms with Gasteiger partial charge in [-0.15, -0.1) is 0 Å². The fourth-order valence-electron chi connectivity index (χ4n) is 2.70. The van der Waals surface area contributed by atoms with Crippen molar-refractivity contribution in [3.8, 4) is 11.3 Å². The average molecular weight is 305 g/mol. The Bertz CT molecular complexity index is 880. The molecule has 0 aliphatic carbocycles. The van der Waals surface area contributed by atoms with Gasteiger partial charge < -0.3 is 5.11 Å². The highest BCUT2D eigenvalue weighted by Gasteiger charge is 2.13. The van der Waals surface area contributed by atoms with E-state index in [0.29, 0.717) is 28.1 Å². The molecule has 1 aromatic heterocycles. The van der Waals surface area contributed by atoms with Crippen molar-refractivity contribution in [2.75, 3.05) is 0 Å². The van der Waals surface area contributed by atoms with Crippen molar-refractivity contribution in [1.29, 1.82) is 0 Å². The van der Waals surface area contributed by atoms with Crippen LogP contribution in [0.25, 0.3) is 22.2 Å². The highest BCUT2D eigenvalue weighted by atomic mass is 16.4. The molecular weight excluding hydrogens is 286 g/mol. The van der Waals surface area contributed by atoms with Crippen LogP contribution in [0.5, 0.6) is 0 Å². The number of nitrogens with zero attached hydrogens (tertiary/aromatic N) is 1. The number of benzene rings is 2. The summed E-state index contributed by atoms with van der Waals surface area (Å²) in [6, 6.07) is 15.5. The topological polar surface area (TPSA) is 50.2 Å². The molecule has 0 aliphatic rings. The minimum absolute atomic E-state index is 0.293. The van der Waals surface area contributed by atoms with Gasteiger partial charge in [0.1, 0.15) is 0 Å². The minimum Gasteiger partial charge on any atom is -0.478 e. The predicted molar refractivity (Wildman–Crippen MR) is 93.0 cm³/mol. The van der Waals surface area contributed by atoms with E-state index in [4.69, 9.17) is 0 Å². The molecule has 3 aromatic rings. The van der Waals surface area contributed by atoms with E-state index in [-0.39, 0.29) is 0 Å². The van der Waals surface area contributed by atoms with E-state index >= 15 is 0 Å². The Kier molecular flexibility index (Phi) is 3.87. The molecule has 0 aliphatic heterocycles. The van der Waals surface area contributed by atoms with Gasteiger partial charge >= 0.3 is 5.97 Å². The molecule has 0 radical (unpaired) electrons. The summed E-state index contributed by atoms with van der Waals surface area (Å²) >= 11 is 0. The fourth-order valence-corrected chi connectivity index (χ4v) is 2.70. The lowest BCUT2D eigenvalue weighted by Gasteiger charge is -2.10. The zero-order valence-corrected chi connectivity index (χ0v) is 13.5. The Morgan fingerprint density at radius 3 is 2.35 bits per heavy atom. The molecule has 1 N–H and O–H groups in total. The third kappa shape index (κ3) is 2.95. The fraction of sp³-hybridized carbons (Fsp3) is 0.200. The highest BCUT2D eigenvalue weighted by Crippen LogP contribution is 2.27. The Hall–Kier alpha value is -2.68. The monoisotopic (exact) mass is 305 g/mol. The second-order valence-electron chi connectivity index (χ2n) is 6.16. The maximum absolute atomic E-state index is 11.6. The SMILES string of the molecule is Cc1ccc2nc(-c3ccc(C(C)C)cc3)cc(C(=O)O)c2c1. The molecule has 0 atom stereocenters. The van der Waals surface area contributed by atoms with E-state index in [9.17, 15) is 9.90 Å². The van der Waals surface area contributed by atoms with Gasteiger partial charge in [-0.1, -0.05) is 49.7 Å². The van der Waals surface area contributed by atoms with Crippen LogP contribution in [0.3, 0.4) is 0 Å². The number of carboxylic acids is 1. The first-order valence-electron chi connectivity index (χ1n) is 7.71. The molecule has 1 heterocycles. The van der Waals surface area contributed by atoms with Crippen molar-refractivity contribution < 1.29 is 9.90 Å². The summed E-state index contributed by atoms with van der Waals surface area (Å²) in [5.74, 6) is -0.464. The molecule has 2 aromatic carbocycles. The molecule has 3 nitrogen and oxygen atoms in total. The predicted octanol–water partition coefficient (Wildman–Crippen LogP) is 5.03. The van der Waals surface area contributed by atoms with Gasteiger partial charge in [-0.2, -0.15) is 0 Å². The highest BCUT2D eigenvalue weighted by molar-refractivity contribution is 6.03. The van der Waals surface area contributed by atoms with Gasteiger partial charge in [0.05, 0.1) is 16.8 Å². The van der Waals surface area contributed by atoms with E-state index in [1.165, 1.54) is 5.56 Å². The summed E-state index contributed by atoms with van der Waals surface area (Å²) in [7, 11) is 0. The molecule has 0 bridgehead atoms. The van der Waals surface area contributed by atoms with Crippen molar-refractivity contribution in [3.63, 3.8) is 0 Å². The number of hydrogen-bond donors (Lipinski definition) is 1. The van der Waals surface area contributed by atoms with E-state index in [1.54, 1.807) is 6.07 Å². The zero-order valence-electron chi connectivity index (χ0n) is 13.5. The van der Waals surface area contributed by atoms with Gasteiger partial charge in [0, 0.05) is 10.9 Å². The molecule has 3 rings (SSSR count). The first-order chi connectivity index (χ1) is 11.0. The number of aromatic carboxylic acids is 1.